The van der Waals surface area contributed by atoms with Gasteiger partial charge in [0, 0.05) is 15.7 Å². The molecule has 0 radical (unpaired) electrons. The Hall–Kier alpha value is -1.71. The first-order valence-electron chi connectivity index (χ1n) is 6.35. The Morgan fingerprint density at radius 2 is 2.14 bits per heavy atom. The first-order valence-corrected chi connectivity index (χ1v) is 7.43. The van der Waals surface area contributed by atoms with Crippen molar-refractivity contribution in [1.29, 1.82) is 0 Å². The highest BCUT2D eigenvalue weighted by Gasteiger charge is 2.23. The van der Waals surface area contributed by atoms with Gasteiger partial charge in [0.05, 0.1) is 17.1 Å². The van der Waals surface area contributed by atoms with E-state index in [1.807, 2.05) is 22.6 Å². The SMILES string of the molecule is O=C(CNC(=O)c1ccc([N+](=O)[O-])cc1I)OCC1CC1. The first kappa shape index (κ1) is 15.7. The second kappa shape index (κ2) is 6.83. The number of nitrogens with zero attached hydrogens (tertiary/aromatic N) is 1. The maximum Gasteiger partial charge on any atom is 0.325 e. The molecule has 0 aromatic heterocycles. The zero-order valence-electron chi connectivity index (χ0n) is 11.0. The van der Waals surface area contributed by atoms with Crippen molar-refractivity contribution in [2.75, 3.05) is 13.2 Å². The molecular weight excluding hydrogens is 391 g/mol. The van der Waals surface area contributed by atoms with Gasteiger partial charge in [-0.05, 0) is 47.4 Å². The number of hydrogen-bond acceptors (Lipinski definition) is 5. The number of nitro benzene ring substituents is 1. The molecule has 0 unspecified atom stereocenters. The lowest BCUT2D eigenvalue weighted by molar-refractivity contribution is -0.384. The van der Waals surface area contributed by atoms with Crippen LogP contribution in [0.4, 0.5) is 5.69 Å². The number of carbonyl (C=O) groups is 2. The number of carbonyl (C=O) groups excluding carboxylic acids is 2. The second-order valence-electron chi connectivity index (χ2n) is 4.73. The number of nitro groups is 1. The zero-order valence-corrected chi connectivity index (χ0v) is 13.2. The Kier molecular flexibility index (Phi) is 5.10. The normalized spacial score (nSPS) is 13.6. The van der Waals surface area contributed by atoms with Gasteiger partial charge in [0.15, 0.2) is 0 Å². The minimum absolute atomic E-state index is 0.0835. The van der Waals surface area contributed by atoms with Crippen molar-refractivity contribution in [3.63, 3.8) is 0 Å². The van der Waals surface area contributed by atoms with Gasteiger partial charge in [0.1, 0.15) is 6.54 Å². The number of esters is 1. The molecule has 0 bridgehead atoms. The van der Waals surface area contributed by atoms with Gasteiger partial charge in [-0.2, -0.15) is 0 Å². The summed E-state index contributed by atoms with van der Waals surface area (Å²) in [6.45, 7) is 0.197. The fraction of sp³-hybridized carbons (Fsp3) is 0.385. The molecule has 1 aromatic rings. The Labute approximate surface area is 134 Å². The quantitative estimate of drug-likeness (QED) is 0.338. The van der Waals surface area contributed by atoms with E-state index in [9.17, 15) is 19.7 Å². The van der Waals surface area contributed by atoms with Crippen LogP contribution in [0.5, 0.6) is 0 Å². The molecule has 0 atom stereocenters. The van der Waals surface area contributed by atoms with Crippen LogP contribution < -0.4 is 5.32 Å². The van der Waals surface area contributed by atoms with Crippen molar-refractivity contribution in [2.24, 2.45) is 5.92 Å². The molecule has 1 N–H and O–H groups in total. The third kappa shape index (κ3) is 4.66. The van der Waals surface area contributed by atoms with E-state index in [2.05, 4.69) is 5.32 Å². The number of hydrogen-bond donors (Lipinski definition) is 1. The second-order valence-corrected chi connectivity index (χ2v) is 5.89. The molecule has 112 valence electrons. The fourth-order valence-corrected chi connectivity index (χ4v) is 2.34. The van der Waals surface area contributed by atoms with Gasteiger partial charge >= 0.3 is 5.97 Å². The van der Waals surface area contributed by atoms with E-state index in [0.29, 0.717) is 16.1 Å². The molecule has 1 fully saturated rings. The van der Waals surface area contributed by atoms with Crippen LogP contribution in [-0.4, -0.2) is 30.0 Å². The maximum absolute atomic E-state index is 11.9. The average Bonchev–Trinajstić information content (AvgIpc) is 3.26. The highest BCUT2D eigenvalue weighted by Crippen LogP contribution is 2.28. The topological polar surface area (TPSA) is 98.5 Å². The molecule has 2 rings (SSSR count). The number of ether oxygens (including phenoxy) is 1. The fourth-order valence-electron chi connectivity index (χ4n) is 1.60. The van der Waals surface area contributed by atoms with E-state index >= 15 is 0 Å². The zero-order chi connectivity index (χ0) is 15.4. The third-order valence-corrected chi connectivity index (χ3v) is 3.87. The molecule has 8 heteroatoms. The van der Waals surface area contributed by atoms with Crippen LogP contribution in [0.3, 0.4) is 0 Å². The van der Waals surface area contributed by atoms with Crippen LogP contribution in [-0.2, 0) is 9.53 Å². The Morgan fingerprint density at radius 3 is 2.71 bits per heavy atom. The summed E-state index contributed by atoms with van der Waals surface area (Å²) >= 11 is 1.84. The van der Waals surface area contributed by atoms with Crippen molar-refractivity contribution >= 4 is 40.2 Å². The summed E-state index contributed by atoms with van der Waals surface area (Å²) in [4.78, 5) is 33.4. The third-order valence-electron chi connectivity index (χ3n) is 2.98. The molecule has 1 aromatic carbocycles. The lowest BCUT2D eigenvalue weighted by Crippen LogP contribution is -2.31. The number of rotatable bonds is 6. The molecule has 21 heavy (non-hydrogen) atoms. The van der Waals surface area contributed by atoms with Gasteiger partial charge < -0.3 is 10.1 Å². The lowest BCUT2D eigenvalue weighted by atomic mass is 10.2. The molecule has 0 saturated heterocycles. The predicted molar refractivity (Wildman–Crippen MR) is 81.8 cm³/mol. The van der Waals surface area contributed by atoms with Gasteiger partial charge in [-0.1, -0.05) is 0 Å². The van der Waals surface area contributed by atoms with Crippen molar-refractivity contribution in [3.05, 3.63) is 37.4 Å². The van der Waals surface area contributed by atoms with Crippen molar-refractivity contribution < 1.29 is 19.2 Å². The molecule has 0 spiro atoms. The molecule has 7 nitrogen and oxygen atoms in total. The summed E-state index contributed by atoms with van der Waals surface area (Å²) < 4.78 is 5.44. The molecule has 1 amide bonds. The van der Waals surface area contributed by atoms with E-state index in [1.165, 1.54) is 18.2 Å². The van der Waals surface area contributed by atoms with E-state index < -0.39 is 16.8 Å². The molecule has 0 aliphatic heterocycles. The van der Waals surface area contributed by atoms with Crippen LogP contribution in [0.25, 0.3) is 0 Å². The molecular formula is C13H13IN2O5. The van der Waals surface area contributed by atoms with Crippen LogP contribution in [0, 0.1) is 19.6 Å². The Bertz CT molecular complexity index is 586. The van der Waals surface area contributed by atoms with E-state index in [4.69, 9.17) is 4.74 Å². The summed E-state index contributed by atoms with van der Waals surface area (Å²) in [5.74, 6) is -0.467. The summed E-state index contributed by atoms with van der Waals surface area (Å²) in [6.07, 6.45) is 2.17. The standard InChI is InChI=1S/C13H13IN2O5/c14-11-5-9(16(19)20)3-4-10(11)13(18)15-6-12(17)21-7-8-1-2-8/h3-5,8H,1-2,6-7H2,(H,15,18). The van der Waals surface area contributed by atoms with Gasteiger partial charge in [-0.25, -0.2) is 0 Å². The highest BCUT2D eigenvalue weighted by molar-refractivity contribution is 14.1. The minimum Gasteiger partial charge on any atom is -0.464 e. The van der Waals surface area contributed by atoms with Crippen LogP contribution >= 0.6 is 22.6 Å². The molecule has 1 saturated carbocycles. The van der Waals surface area contributed by atoms with Gasteiger partial charge in [0.2, 0.25) is 0 Å². The van der Waals surface area contributed by atoms with E-state index in [0.717, 1.165) is 12.8 Å². The van der Waals surface area contributed by atoms with Gasteiger partial charge in [0.25, 0.3) is 11.6 Å². The number of halogens is 1. The number of non-ortho nitro benzene ring substituents is 1. The van der Waals surface area contributed by atoms with E-state index in [1.54, 1.807) is 0 Å². The van der Waals surface area contributed by atoms with E-state index in [-0.39, 0.29) is 17.8 Å². The van der Waals surface area contributed by atoms with Gasteiger partial charge in [-0.3, -0.25) is 19.7 Å². The summed E-state index contributed by atoms with van der Waals surface area (Å²) in [7, 11) is 0. The first-order chi connectivity index (χ1) is 9.97. The van der Waals surface area contributed by atoms with Gasteiger partial charge in [-0.15, -0.1) is 0 Å². The summed E-state index contributed by atoms with van der Waals surface area (Å²) in [5.41, 5.74) is 0.205. The molecule has 0 heterocycles. The minimum atomic E-state index is -0.529. The van der Waals surface area contributed by atoms with Crippen LogP contribution in [0.2, 0.25) is 0 Å². The van der Waals surface area contributed by atoms with Crippen molar-refractivity contribution in [2.45, 2.75) is 12.8 Å². The smallest absolute Gasteiger partial charge is 0.325 e. The largest absolute Gasteiger partial charge is 0.464 e. The lowest BCUT2D eigenvalue weighted by Gasteiger charge is -2.07. The van der Waals surface area contributed by atoms with Crippen molar-refractivity contribution in [1.82, 2.24) is 5.32 Å². The predicted octanol–water partition coefficient (Wildman–Crippen LogP) is 1.88. The van der Waals surface area contributed by atoms with Crippen LogP contribution in [0.1, 0.15) is 23.2 Å². The Balaban J connectivity index is 1.87. The summed E-state index contributed by atoms with van der Waals surface area (Å²) in [5, 5.41) is 13.1. The number of benzene rings is 1. The number of nitrogens with one attached hydrogen (secondary N) is 1. The monoisotopic (exact) mass is 404 g/mol. The average molecular weight is 404 g/mol. The number of amides is 1. The highest BCUT2D eigenvalue weighted by atomic mass is 127. The summed E-state index contributed by atoms with van der Waals surface area (Å²) in [6, 6.07) is 3.92. The molecule has 1 aliphatic rings. The maximum atomic E-state index is 11.9. The molecule has 1 aliphatic carbocycles. The van der Waals surface area contributed by atoms with Crippen molar-refractivity contribution in [3.8, 4) is 0 Å². The Morgan fingerprint density at radius 1 is 1.43 bits per heavy atom. The van der Waals surface area contributed by atoms with Crippen LogP contribution in [0.15, 0.2) is 18.2 Å².